The molecule has 0 radical (unpaired) electrons. The Kier molecular flexibility index (Phi) is 4.31. The van der Waals surface area contributed by atoms with Gasteiger partial charge in [0, 0.05) is 18.2 Å². The fourth-order valence-electron chi connectivity index (χ4n) is 2.25. The quantitative estimate of drug-likeness (QED) is 0.930. The number of aromatic nitrogens is 1. The highest BCUT2D eigenvalue weighted by Gasteiger charge is 2.18. The van der Waals surface area contributed by atoms with E-state index < -0.39 is 5.97 Å². The molecule has 0 saturated carbocycles. The first-order valence-corrected chi connectivity index (χ1v) is 7.25. The van der Waals surface area contributed by atoms with Crippen LogP contribution in [0.5, 0.6) is 5.75 Å². The Hall–Kier alpha value is -2.05. The smallest absolute Gasteiger partial charge is 0.358 e. The van der Waals surface area contributed by atoms with Gasteiger partial charge < -0.3 is 19.1 Å². The fourth-order valence-corrected chi connectivity index (χ4v) is 2.47. The average molecular weight is 324 g/mol. The highest BCUT2D eigenvalue weighted by molar-refractivity contribution is 6.32. The van der Waals surface area contributed by atoms with Crippen molar-refractivity contribution in [2.24, 2.45) is 0 Å². The van der Waals surface area contributed by atoms with Crippen molar-refractivity contribution in [1.82, 2.24) is 5.16 Å². The minimum Gasteiger partial charge on any atom is -0.486 e. The molecule has 2 heterocycles. The monoisotopic (exact) mass is 323 g/mol. The second-order valence-corrected chi connectivity index (χ2v) is 5.39. The lowest BCUT2D eigenvalue weighted by Gasteiger charge is -2.23. The van der Waals surface area contributed by atoms with Crippen molar-refractivity contribution in [3.8, 4) is 17.1 Å². The number of nitrogens with zero attached hydrogens (tertiary/aromatic N) is 1. The first kappa shape index (κ1) is 14.9. The maximum Gasteiger partial charge on any atom is 0.358 e. The third kappa shape index (κ3) is 3.23. The van der Waals surface area contributed by atoms with Crippen molar-refractivity contribution in [1.29, 1.82) is 0 Å². The molecule has 3 rings (SSSR count). The summed E-state index contributed by atoms with van der Waals surface area (Å²) < 4.78 is 16.2. The SMILES string of the molecule is O=C(O)c1cc(-c2ccc(OC3CCCOC3)c(Cl)c2)on1. The van der Waals surface area contributed by atoms with Gasteiger partial charge in [-0.1, -0.05) is 16.8 Å². The predicted molar refractivity (Wildman–Crippen MR) is 78.4 cm³/mol. The minimum absolute atomic E-state index is 0.000919. The van der Waals surface area contributed by atoms with Crippen LogP contribution in [0, 0.1) is 0 Å². The fraction of sp³-hybridized carbons (Fsp3) is 0.333. The first-order chi connectivity index (χ1) is 10.6. The molecule has 1 atom stereocenters. The van der Waals surface area contributed by atoms with Gasteiger partial charge in [-0.2, -0.15) is 0 Å². The molecule has 0 amide bonds. The lowest BCUT2D eigenvalue weighted by Crippen LogP contribution is -2.28. The number of benzene rings is 1. The molecule has 7 heteroatoms. The summed E-state index contributed by atoms with van der Waals surface area (Å²) in [5.74, 6) is -0.232. The molecule has 2 aromatic rings. The van der Waals surface area contributed by atoms with E-state index in [0.29, 0.717) is 28.7 Å². The molecule has 1 N–H and O–H groups in total. The summed E-state index contributed by atoms with van der Waals surface area (Å²) in [4.78, 5) is 10.8. The van der Waals surface area contributed by atoms with E-state index in [1.807, 2.05) is 0 Å². The van der Waals surface area contributed by atoms with Crippen molar-refractivity contribution in [3.63, 3.8) is 0 Å². The Morgan fingerprint density at radius 1 is 1.41 bits per heavy atom. The predicted octanol–water partition coefficient (Wildman–Crippen LogP) is 3.25. The Labute approximate surface area is 131 Å². The van der Waals surface area contributed by atoms with E-state index in [2.05, 4.69) is 5.16 Å². The zero-order valence-electron chi connectivity index (χ0n) is 11.6. The highest BCUT2D eigenvalue weighted by atomic mass is 35.5. The van der Waals surface area contributed by atoms with Crippen LogP contribution in [-0.4, -0.2) is 35.6 Å². The van der Waals surface area contributed by atoms with Gasteiger partial charge in [-0.3, -0.25) is 0 Å². The maximum absolute atomic E-state index is 10.8. The third-order valence-electron chi connectivity index (χ3n) is 3.36. The van der Waals surface area contributed by atoms with E-state index in [9.17, 15) is 4.79 Å². The van der Waals surface area contributed by atoms with Crippen LogP contribution in [0.15, 0.2) is 28.8 Å². The van der Waals surface area contributed by atoms with Crippen LogP contribution in [-0.2, 0) is 4.74 Å². The van der Waals surface area contributed by atoms with Crippen molar-refractivity contribution in [2.45, 2.75) is 18.9 Å². The van der Waals surface area contributed by atoms with Crippen molar-refractivity contribution >= 4 is 17.6 Å². The van der Waals surface area contributed by atoms with Crippen LogP contribution < -0.4 is 4.74 Å². The van der Waals surface area contributed by atoms with E-state index >= 15 is 0 Å². The Morgan fingerprint density at radius 3 is 2.91 bits per heavy atom. The highest BCUT2D eigenvalue weighted by Crippen LogP contribution is 2.32. The van der Waals surface area contributed by atoms with E-state index in [-0.39, 0.29) is 11.8 Å². The summed E-state index contributed by atoms with van der Waals surface area (Å²) in [6.45, 7) is 1.33. The molecule has 22 heavy (non-hydrogen) atoms. The molecular weight excluding hydrogens is 310 g/mol. The van der Waals surface area contributed by atoms with Gasteiger partial charge in [0.25, 0.3) is 0 Å². The lowest BCUT2D eigenvalue weighted by atomic mass is 10.1. The largest absolute Gasteiger partial charge is 0.486 e. The summed E-state index contributed by atoms with van der Waals surface area (Å²) in [6, 6.07) is 6.49. The number of carboxylic acid groups (broad SMARTS) is 1. The van der Waals surface area contributed by atoms with E-state index in [4.69, 9.17) is 30.7 Å². The van der Waals surface area contributed by atoms with Crippen LogP contribution in [0.2, 0.25) is 5.02 Å². The van der Waals surface area contributed by atoms with Gasteiger partial charge in [-0.15, -0.1) is 0 Å². The van der Waals surface area contributed by atoms with Gasteiger partial charge in [-0.05, 0) is 31.0 Å². The molecule has 0 bridgehead atoms. The molecule has 116 valence electrons. The first-order valence-electron chi connectivity index (χ1n) is 6.88. The van der Waals surface area contributed by atoms with Gasteiger partial charge in [0.05, 0.1) is 11.6 Å². The topological polar surface area (TPSA) is 81.8 Å². The number of halogens is 1. The maximum atomic E-state index is 10.8. The molecule has 1 unspecified atom stereocenters. The summed E-state index contributed by atoms with van der Waals surface area (Å²) >= 11 is 6.22. The molecule has 6 nitrogen and oxygen atoms in total. The molecule has 1 aromatic carbocycles. The van der Waals surface area contributed by atoms with E-state index in [1.54, 1.807) is 18.2 Å². The number of ether oxygens (including phenoxy) is 2. The zero-order chi connectivity index (χ0) is 15.5. The van der Waals surface area contributed by atoms with Gasteiger partial charge in [0.1, 0.15) is 11.9 Å². The average Bonchev–Trinajstić information content (AvgIpc) is 3.00. The van der Waals surface area contributed by atoms with Gasteiger partial charge in [0.2, 0.25) is 0 Å². The molecule has 0 aliphatic carbocycles. The van der Waals surface area contributed by atoms with Crippen LogP contribution in [0.4, 0.5) is 0 Å². The molecule has 1 aliphatic heterocycles. The Bertz CT molecular complexity index is 678. The van der Waals surface area contributed by atoms with Crippen LogP contribution >= 0.6 is 11.6 Å². The number of rotatable bonds is 4. The zero-order valence-corrected chi connectivity index (χ0v) is 12.4. The van der Waals surface area contributed by atoms with E-state index in [0.717, 1.165) is 19.4 Å². The van der Waals surface area contributed by atoms with Crippen molar-refractivity contribution in [2.75, 3.05) is 13.2 Å². The van der Waals surface area contributed by atoms with Gasteiger partial charge in [0.15, 0.2) is 11.5 Å². The normalized spacial score (nSPS) is 18.1. The molecule has 0 spiro atoms. The second-order valence-electron chi connectivity index (χ2n) is 4.98. The number of hydrogen-bond donors (Lipinski definition) is 1. The summed E-state index contributed by atoms with van der Waals surface area (Å²) in [5, 5.41) is 12.7. The van der Waals surface area contributed by atoms with Gasteiger partial charge >= 0.3 is 5.97 Å². The Balaban J connectivity index is 1.77. The van der Waals surface area contributed by atoms with Crippen LogP contribution in [0.3, 0.4) is 0 Å². The summed E-state index contributed by atoms with van der Waals surface area (Å²) in [7, 11) is 0. The molecule has 1 saturated heterocycles. The summed E-state index contributed by atoms with van der Waals surface area (Å²) in [5.41, 5.74) is 0.489. The number of carboxylic acids is 1. The third-order valence-corrected chi connectivity index (χ3v) is 3.65. The molecule has 1 aliphatic rings. The number of hydrogen-bond acceptors (Lipinski definition) is 5. The van der Waals surface area contributed by atoms with Crippen molar-refractivity contribution in [3.05, 3.63) is 35.0 Å². The second kappa shape index (κ2) is 6.37. The Morgan fingerprint density at radius 2 is 2.27 bits per heavy atom. The number of aromatic carboxylic acids is 1. The standard InChI is InChI=1S/C15H14ClNO5/c16-11-6-9(14-7-12(15(18)19)17-22-14)3-4-13(11)21-10-2-1-5-20-8-10/h3-4,6-7,10H,1-2,5,8H2,(H,18,19). The summed E-state index contributed by atoms with van der Waals surface area (Å²) in [6.07, 6.45) is 1.90. The van der Waals surface area contributed by atoms with Crippen LogP contribution in [0.1, 0.15) is 23.3 Å². The van der Waals surface area contributed by atoms with Crippen molar-refractivity contribution < 1.29 is 23.9 Å². The number of carbonyl (C=O) groups is 1. The minimum atomic E-state index is -1.14. The van der Waals surface area contributed by atoms with Gasteiger partial charge in [-0.25, -0.2) is 4.79 Å². The molecule has 1 aromatic heterocycles. The molecule has 1 fully saturated rings. The van der Waals surface area contributed by atoms with Crippen LogP contribution in [0.25, 0.3) is 11.3 Å². The molecular formula is C15H14ClNO5. The van der Waals surface area contributed by atoms with E-state index in [1.165, 1.54) is 6.07 Å². The lowest BCUT2D eigenvalue weighted by molar-refractivity contribution is 0.00748.